The van der Waals surface area contributed by atoms with Crippen molar-refractivity contribution in [2.45, 2.75) is 45.7 Å². The highest BCUT2D eigenvalue weighted by Gasteiger charge is 2.30. The van der Waals surface area contributed by atoms with E-state index in [-0.39, 0.29) is 0 Å². The first kappa shape index (κ1) is 12.3. The Bertz CT molecular complexity index is 360. The number of aromatic nitrogens is 2. The van der Waals surface area contributed by atoms with E-state index < -0.39 is 0 Å². The van der Waals surface area contributed by atoms with Crippen molar-refractivity contribution >= 4 is 5.82 Å². The molecule has 17 heavy (non-hydrogen) atoms. The maximum atomic E-state index is 5.76. The van der Waals surface area contributed by atoms with Crippen molar-refractivity contribution in [3.05, 3.63) is 18.1 Å². The van der Waals surface area contributed by atoms with Crippen LogP contribution in [0.2, 0.25) is 0 Å². The molecule has 0 aromatic carbocycles. The molecule has 1 aliphatic carbocycles. The maximum Gasteiger partial charge on any atom is 0.136 e. The molecule has 1 saturated carbocycles. The van der Waals surface area contributed by atoms with Crippen molar-refractivity contribution in [2.75, 3.05) is 11.4 Å². The highest BCUT2D eigenvalue weighted by Crippen LogP contribution is 2.32. The maximum absolute atomic E-state index is 5.76. The van der Waals surface area contributed by atoms with Gasteiger partial charge in [0.05, 0.1) is 0 Å². The second-order valence-corrected chi connectivity index (χ2v) is 5.18. The Morgan fingerprint density at radius 3 is 2.82 bits per heavy atom. The van der Waals surface area contributed by atoms with Crippen LogP contribution in [0.3, 0.4) is 0 Å². The molecule has 0 bridgehead atoms. The molecule has 0 radical (unpaired) electrons. The van der Waals surface area contributed by atoms with Gasteiger partial charge in [0.1, 0.15) is 12.1 Å². The number of nitrogens with zero attached hydrogens (tertiary/aromatic N) is 3. The molecule has 1 aliphatic rings. The van der Waals surface area contributed by atoms with Crippen molar-refractivity contribution in [3.8, 4) is 0 Å². The monoisotopic (exact) mass is 234 g/mol. The SMILES string of the molecule is CC(C)CCN(c1ncncc1CN)C1CC1. The van der Waals surface area contributed by atoms with Gasteiger partial charge in [-0.05, 0) is 25.2 Å². The number of anilines is 1. The molecule has 1 fully saturated rings. The van der Waals surface area contributed by atoms with E-state index in [0.717, 1.165) is 23.8 Å². The summed E-state index contributed by atoms with van der Waals surface area (Å²) in [5.74, 6) is 1.77. The van der Waals surface area contributed by atoms with Gasteiger partial charge in [0, 0.05) is 30.9 Å². The lowest BCUT2D eigenvalue weighted by molar-refractivity contribution is 0.567. The topological polar surface area (TPSA) is 55.0 Å². The average molecular weight is 234 g/mol. The van der Waals surface area contributed by atoms with E-state index in [0.29, 0.717) is 12.6 Å². The fourth-order valence-corrected chi connectivity index (χ4v) is 2.00. The smallest absolute Gasteiger partial charge is 0.136 e. The van der Waals surface area contributed by atoms with Gasteiger partial charge in [-0.15, -0.1) is 0 Å². The number of nitrogens with two attached hydrogens (primary N) is 1. The summed E-state index contributed by atoms with van der Waals surface area (Å²) < 4.78 is 0. The summed E-state index contributed by atoms with van der Waals surface area (Å²) in [7, 11) is 0. The predicted octanol–water partition coefficient (Wildman–Crippen LogP) is 1.95. The van der Waals surface area contributed by atoms with Crippen molar-refractivity contribution in [3.63, 3.8) is 0 Å². The molecular weight excluding hydrogens is 212 g/mol. The van der Waals surface area contributed by atoms with E-state index in [1.54, 1.807) is 6.33 Å². The molecule has 0 aliphatic heterocycles. The Morgan fingerprint density at radius 2 is 2.24 bits per heavy atom. The highest BCUT2D eigenvalue weighted by atomic mass is 15.2. The van der Waals surface area contributed by atoms with Crippen LogP contribution in [0.25, 0.3) is 0 Å². The largest absolute Gasteiger partial charge is 0.353 e. The summed E-state index contributed by atoms with van der Waals surface area (Å²) in [5, 5.41) is 0. The molecule has 0 saturated heterocycles. The molecule has 0 spiro atoms. The van der Waals surface area contributed by atoms with E-state index in [1.807, 2.05) is 6.20 Å². The van der Waals surface area contributed by atoms with Crippen molar-refractivity contribution in [1.29, 1.82) is 0 Å². The standard InChI is InChI=1S/C13H22N4/c1-10(2)5-6-17(12-3-4-12)13-11(7-14)8-15-9-16-13/h8-10,12H,3-7,14H2,1-2H3. The fourth-order valence-electron chi connectivity index (χ4n) is 2.00. The second-order valence-electron chi connectivity index (χ2n) is 5.18. The highest BCUT2D eigenvalue weighted by molar-refractivity contribution is 5.47. The molecule has 4 heteroatoms. The summed E-state index contributed by atoms with van der Waals surface area (Å²) in [6, 6.07) is 0.675. The van der Waals surface area contributed by atoms with E-state index in [4.69, 9.17) is 5.73 Å². The summed E-state index contributed by atoms with van der Waals surface area (Å²) in [5.41, 5.74) is 6.82. The quantitative estimate of drug-likeness (QED) is 0.817. The first-order valence-corrected chi connectivity index (χ1v) is 6.48. The lowest BCUT2D eigenvalue weighted by Crippen LogP contribution is -2.30. The molecule has 1 aromatic heterocycles. The first-order chi connectivity index (χ1) is 8.22. The van der Waals surface area contributed by atoms with Gasteiger partial charge in [0.15, 0.2) is 0 Å². The Hall–Kier alpha value is -1.16. The Labute approximate surface area is 103 Å². The molecule has 4 nitrogen and oxygen atoms in total. The number of rotatable bonds is 6. The van der Waals surface area contributed by atoms with Gasteiger partial charge in [0.2, 0.25) is 0 Å². The minimum atomic E-state index is 0.515. The van der Waals surface area contributed by atoms with Crippen molar-refractivity contribution in [1.82, 2.24) is 9.97 Å². The van der Waals surface area contributed by atoms with Crippen molar-refractivity contribution in [2.24, 2.45) is 11.7 Å². The fraction of sp³-hybridized carbons (Fsp3) is 0.692. The van der Waals surface area contributed by atoms with Crippen LogP contribution < -0.4 is 10.6 Å². The van der Waals surface area contributed by atoms with Crippen LogP contribution in [-0.4, -0.2) is 22.6 Å². The van der Waals surface area contributed by atoms with Gasteiger partial charge in [0.25, 0.3) is 0 Å². The Morgan fingerprint density at radius 1 is 1.47 bits per heavy atom. The van der Waals surface area contributed by atoms with E-state index in [1.165, 1.54) is 19.3 Å². The van der Waals surface area contributed by atoms with E-state index in [2.05, 4.69) is 28.7 Å². The first-order valence-electron chi connectivity index (χ1n) is 6.48. The number of hydrogen-bond acceptors (Lipinski definition) is 4. The predicted molar refractivity (Wildman–Crippen MR) is 69.7 cm³/mol. The summed E-state index contributed by atoms with van der Waals surface area (Å²) in [4.78, 5) is 10.9. The third-order valence-corrected chi connectivity index (χ3v) is 3.19. The van der Waals surface area contributed by atoms with Gasteiger partial charge in [-0.2, -0.15) is 0 Å². The number of hydrogen-bond donors (Lipinski definition) is 1. The van der Waals surface area contributed by atoms with Crippen LogP contribution in [0.1, 0.15) is 38.7 Å². The van der Waals surface area contributed by atoms with Crippen molar-refractivity contribution < 1.29 is 0 Å². The van der Waals surface area contributed by atoms with Crippen LogP contribution in [0.5, 0.6) is 0 Å². The van der Waals surface area contributed by atoms with Gasteiger partial charge >= 0.3 is 0 Å². The summed E-state index contributed by atoms with van der Waals surface area (Å²) >= 11 is 0. The van der Waals surface area contributed by atoms with Crippen LogP contribution in [-0.2, 0) is 6.54 Å². The molecule has 2 rings (SSSR count). The minimum Gasteiger partial charge on any atom is -0.353 e. The summed E-state index contributed by atoms with van der Waals surface area (Å²) in [6.07, 6.45) is 7.23. The van der Waals surface area contributed by atoms with Crippen LogP contribution in [0, 0.1) is 5.92 Å². The minimum absolute atomic E-state index is 0.515. The van der Waals surface area contributed by atoms with E-state index >= 15 is 0 Å². The van der Waals surface area contributed by atoms with Crippen LogP contribution >= 0.6 is 0 Å². The average Bonchev–Trinajstić information content (AvgIpc) is 3.14. The summed E-state index contributed by atoms with van der Waals surface area (Å²) in [6.45, 7) is 6.11. The molecule has 94 valence electrons. The lowest BCUT2D eigenvalue weighted by atomic mass is 10.1. The molecule has 2 N–H and O–H groups in total. The zero-order chi connectivity index (χ0) is 12.3. The molecular formula is C13H22N4. The normalized spacial score (nSPS) is 15.3. The molecule has 1 heterocycles. The lowest BCUT2D eigenvalue weighted by Gasteiger charge is -2.26. The van der Waals surface area contributed by atoms with Gasteiger partial charge in [-0.1, -0.05) is 13.8 Å². The molecule has 0 unspecified atom stereocenters. The van der Waals surface area contributed by atoms with Gasteiger partial charge in [-0.25, -0.2) is 9.97 Å². The second kappa shape index (κ2) is 5.45. The van der Waals surface area contributed by atoms with Crippen LogP contribution in [0.15, 0.2) is 12.5 Å². The van der Waals surface area contributed by atoms with Gasteiger partial charge in [-0.3, -0.25) is 0 Å². The van der Waals surface area contributed by atoms with Gasteiger partial charge < -0.3 is 10.6 Å². The molecule has 0 atom stereocenters. The molecule has 1 aromatic rings. The third kappa shape index (κ3) is 3.16. The molecule has 0 amide bonds. The zero-order valence-electron chi connectivity index (χ0n) is 10.8. The third-order valence-electron chi connectivity index (χ3n) is 3.19. The Balaban J connectivity index is 2.14. The van der Waals surface area contributed by atoms with E-state index in [9.17, 15) is 0 Å². The zero-order valence-corrected chi connectivity index (χ0v) is 10.8. The Kier molecular flexibility index (Phi) is 3.94. The van der Waals surface area contributed by atoms with Crippen LogP contribution in [0.4, 0.5) is 5.82 Å².